The summed E-state index contributed by atoms with van der Waals surface area (Å²) in [6, 6.07) is 6.34. The zero-order chi connectivity index (χ0) is 15.5. The van der Waals surface area contributed by atoms with Gasteiger partial charge in [-0.15, -0.1) is 11.3 Å². The summed E-state index contributed by atoms with van der Waals surface area (Å²) in [6.07, 6.45) is 1.50. The van der Waals surface area contributed by atoms with Crippen molar-refractivity contribution in [2.45, 2.75) is 10.8 Å². The van der Waals surface area contributed by atoms with Crippen LogP contribution in [0.5, 0.6) is 0 Å². The van der Waals surface area contributed by atoms with Crippen LogP contribution in [0.25, 0.3) is 0 Å². The average Bonchev–Trinajstić information content (AvgIpc) is 3.07. The van der Waals surface area contributed by atoms with E-state index in [9.17, 15) is 13.2 Å². The van der Waals surface area contributed by atoms with Gasteiger partial charge in [0.25, 0.3) is 10.0 Å². The average molecular weight is 349 g/mol. The molecule has 114 valence electrons. The number of carbonyl (C=O) groups is 1. The fourth-order valence-corrected chi connectivity index (χ4v) is 4.35. The predicted molar refractivity (Wildman–Crippen MR) is 79.7 cm³/mol. The lowest BCUT2D eigenvalue weighted by Crippen LogP contribution is -2.37. The number of hydrogen-bond acceptors (Lipinski definition) is 5. The Morgan fingerprint density at radius 1 is 1.43 bits per heavy atom. The number of hydrogen-bond donors (Lipinski definition) is 1. The highest BCUT2D eigenvalue weighted by Crippen LogP contribution is 2.27. The van der Waals surface area contributed by atoms with Crippen molar-refractivity contribution in [3.05, 3.63) is 40.6 Å². The van der Waals surface area contributed by atoms with Gasteiger partial charge in [-0.2, -0.15) is 4.31 Å². The van der Waals surface area contributed by atoms with Crippen molar-refractivity contribution in [1.29, 1.82) is 0 Å². The van der Waals surface area contributed by atoms with Crippen LogP contribution in [0.1, 0.15) is 5.76 Å². The summed E-state index contributed by atoms with van der Waals surface area (Å²) in [5, 5.41) is 2.58. The number of amides is 1. The number of halogens is 1. The predicted octanol–water partition coefficient (Wildman–Crippen LogP) is 1.93. The smallest absolute Gasteiger partial charge is 0.252 e. The second kappa shape index (κ2) is 6.61. The molecule has 2 heterocycles. The number of thiophene rings is 1. The Morgan fingerprint density at radius 2 is 2.19 bits per heavy atom. The first-order valence-electron chi connectivity index (χ1n) is 5.90. The molecule has 2 aromatic rings. The molecule has 0 bridgehead atoms. The maximum absolute atomic E-state index is 12.2. The molecule has 0 aromatic carbocycles. The molecule has 0 atom stereocenters. The van der Waals surface area contributed by atoms with E-state index in [4.69, 9.17) is 16.0 Å². The monoisotopic (exact) mass is 348 g/mol. The third-order valence-electron chi connectivity index (χ3n) is 2.62. The lowest BCUT2D eigenvalue weighted by Gasteiger charge is -2.15. The van der Waals surface area contributed by atoms with Crippen molar-refractivity contribution < 1.29 is 17.6 Å². The second-order valence-electron chi connectivity index (χ2n) is 4.18. The maximum Gasteiger partial charge on any atom is 0.252 e. The first-order chi connectivity index (χ1) is 9.89. The summed E-state index contributed by atoms with van der Waals surface area (Å²) < 4.78 is 30.9. The Bertz CT molecular complexity index is 709. The van der Waals surface area contributed by atoms with Gasteiger partial charge in [0, 0.05) is 7.05 Å². The highest BCUT2D eigenvalue weighted by atomic mass is 35.5. The topological polar surface area (TPSA) is 79.6 Å². The number of rotatable bonds is 6. The second-order valence-corrected chi connectivity index (χ2v) is 8.16. The quantitative estimate of drug-likeness (QED) is 0.865. The van der Waals surface area contributed by atoms with Gasteiger partial charge >= 0.3 is 0 Å². The fourth-order valence-electron chi connectivity index (χ4n) is 1.53. The van der Waals surface area contributed by atoms with Crippen molar-refractivity contribution >= 4 is 38.9 Å². The molecule has 21 heavy (non-hydrogen) atoms. The number of likely N-dealkylation sites (N-methyl/N-ethyl adjacent to an activating group) is 1. The van der Waals surface area contributed by atoms with Crippen LogP contribution in [0.2, 0.25) is 4.34 Å². The van der Waals surface area contributed by atoms with E-state index in [1.165, 1.54) is 25.4 Å². The van der Waals surface area contributed by atoms with Gasteiger partial charge in [0.2, 0.25) is 5.91 Å². The van der Waals surface area contributed by atoms with Crippen molar-refractivity contribution in [2.75, 3.05) is 13.6 Å². The molecule has 0 aliphatic carbocycles. The van der Waals surface area contributed by atoms with E-state index >= 15 is 0 Å². The number of nitrogens with zero attached hydrogens (tertiary/aromatic N) is 1. The highest BCUT2D eigenvalue weighted by Gasteiger charge is 2.24. The molecule has 0 spiro atoms. The van der Waals surface area contributed by atoms with Crippen molar-refractivity contribution in [2.24, 2.45) is 0 Å². The summed E-state index contributed by atoms with van der Waals surface area (Å²) in [5.74, 6) is 0.180. The van der Waals surface area contributed by atoms with E-state index in [2.05, 4.69) is 5.32 Å². The SMILES string of the molecule is CN(CC(=O)NCc1ccco1)S(=O)(=O)c1ccc(Cl)s1. The molecule has 9 heteroatoms. The van der Waals surface area contributed by atoms with E-state index in [0.29, 0.717) is 10.1 Å². The molecule has 0 radical (unpaired) electrons. The zero-order valence-electron chi connectivity index (χ0n) is 11.1. The molecule has 2 aromatic heterocycles. The van der Waals surface area contributed by atoms with Gasteiger partial charge in [-0.3, -0.25) is 4.79 Å². The Balaban J connectivity index is 1.94. The van der Waals surface area contributed by atoms with E-state index in [0.717, 1.165) is 15.6 Å². The summed E-state index contributed by atoms with van der Waals surface area (Å²) >= 11 is 6.68. The zero-order valence-corrected chi connectivity index (χ0v) is 13.5. The molecular formula is C12H13ClN2O4S2. The van der Waals surface area contributed by atoms with Gasteiger partial charge in [0.1, 0.15) is 9.97 Å². The molecule has 0 unspecified atom stereocenters. The minimum absolute atomic E-state index is 0.105. The molecule has 0 aliphatic heterocycles. The van der Waals surface area contributed by atoms with Crippen molar-refractivity contribution in [3.63, 3.8) is 0 Å². The summed E-state index contributed by atoms with van der Waals surface area (Å²) in [7, 11) is -2.36. The largest absolute Gasteiger partial charge is 0.467 e. The van der Waals surface area contributed by atoms with E-state index in [1.54, 1.807) is 12.1 Å². The standard InChI is InChI=1S/C12H13ClN2O4S2/c1-15(21(17,18)12-5-4-10(13)20-12)8-11(16)14-7-9-3-2-6-19-9/h2-6H,7-8H2,1H3,(H,14,16). The molecule has 1 amide bonds. The summed E-state index contributed by atoms with van der Waals surface area (Å²) in [5.41, 5.74) is 0. The fraction of sp³-hybridized carbons (Fsp3) is 0.250. The van der Waals surface area contributed by atoms with Crippen LogP contribution >= 0.6 is 22.9 Å². The third kappa shape index (κ3) is 4.07. The normalized spacial score (nSPS) is 11.8. The van der Waals surface area contributed by atoms with E-state index < -0.39 is 15.9 Å². The van der Waals surface area contributed by atoms with Crippen molar-refractivity contribution in [3.8, 4) is 0 Å². The number of nitrogens with one attached hydrogen (secondary N) is 1. The first kappa shape index (κ1) is 16.0. The molecule has 1 N–H and O–H groups in total. The minimum atomic E-state index is -3.70. The molecule has 0 aliphatic rings. The molecular weight excluding hydrogens is 336 g/mol. The van der Waals surface area contributed by atoms with Crippen LogP contribution in [0.15, 0.2) is 39.2 Å². The number of furan rings is 1. The van der Waals surface area contributed by atoms with Gasteiger partial charge in [0.05, 0.1) is 23.7 Å². The molecule has 6 nitrogen and oxygen atoms in total. The Labute approximate surface area is 131 Å². The van der Waals surface area contributed by atoms with Crippen LogP contribution in [0.4, 0.5) is 0 Å². The molecule has 0 fully saturated rings. The number of carbonyl (C=O) groups excluding carboxylic acids is 1. The van der Waals surface area contributed by atoms with Crippen LogP contribution < -0.4 is 5.32 Å². The molecule has 2 rings (SSSR count). The first-order valence-corrected chi connectivity index (χ1v) is 8.54. The summed E-state index contributed by atoms with van der Waals surface area (Å²) in [6.45, 7) is -0.0664. The molecule has 0 saturated heterocycles. The number of sulfonamides is 1. The Hall–Kier alpha value is -1.35. The lowest BCUT2D eigenvalue weighted by molar-refractivity contribution is -0.121. The van der Waals surface area contributed by atoms with Crippen LogP contribution in [0, 0.1) is 0 Å². The third-order valence-corrected chi connectivity index (χ3v) is 6.12. The van der Waals surface area contributed by atoms with Crippen molar-refractivity contribution in [1.82, 2.24) is 9.62 Å². The lowest BCUT2D eigenvalue weighted by atomic mass is 10.4. The van der Waals surface area contributed by atoms with E-state index in [1.807, 2.05) is 0 Å². The van der Waals surface area contributed by atoms with Gasteiger partial charge in [-0.25, -0.2) is 8.42 Å². The van der Waals surface area contributed by atoms with Crippen LogP contribution in [0.3, 0.4) is 0 Å². The van der Waals surface area contributed by atoms with Gasteiger partial charge < -0.3 is 9.73 Å². The maximum atomic E-state index is 12.2. The van der Waals surface area contributed by atoms with Crippen LogP contribution in [-0.4, -0.2) is 32.2 Å². The van der Waals surface area contributed by atoms with Gasteiger partial charge in [-0.1, -0.05) is 11.6 Å². The molecule has 0 saturated carbocycles. The summed E-state index contributed by atoms with van der Waals surface area (Å²) in [4.78, 5) is 11.8. The van der Waals surface area contributed by atoms with Crippen LogP contribution in [-0.2, 0) is 21.4 Å². The van der Waals surface area contributed by atoms with E-state index in [-0.39, 0.29) is 17.3 Å². The minimum Gasteiger partial charge on any atom is -0.467 e. The van der Waals surface area contributed by atoms with Gasteiger partial charge in [-0.05, 0) is 24.3 Å². The van der Waals surface area contributed by atoms with Gasteiger partial charge in [0.15, 0.2) is 0 Å². The highest BCUT2D eigenvalue weighted by molar-refractivity contribution is 7.91. The Morgan fingerprint density at radius 3 is 2.76 bits per heavy atom. The Kier molecular flexibility index (Phi) is 5.04.